The van der Waals surface area contributed by atoms with Gasteiger partial charge in [0.15, 0.2) is 11.0 Å². The SMILES string of the molecule is NC(=NO)c1c(Cl)cccc1Sc1n[nH]c(=O)n1C1CC1. The highest BCUT2D eigenvalue weighted by atomic mass is 35.5. The number of aromatic amines is 1. The number of hydrogen-bond acceptors (Lipinski definition) is 5. The lowest BCUT2D eigenvalue weighted by molar-refractivity contribution is 0.318. The van der Waals surface area contributed by atoms with E-state index in [4.69, 9.17) is 22.5 Å². The molecule has 21 heavy (non-hydrogen) atoms. The van der Waals surface area contributed by atoms with Gasteiger partial charge in [-0.1, -0.05) is 22.8 Å². The summed E-state index contributed by atoms with van der Waals surface area (Å²) in [4.78, 5) is 12.4. The molecule has 1 aliphatic rings. The van der Waals surface area contributed by atoms with E-state index >= 15 is 0 Å². The second-order valence-electron chi connectivity index (χ2n) is 4.61. The van der Waals surface area contributed by atoms with Crippen molar-refractivity contribution in [1.29, 1.82) is 0 Å². The van der Waals surface area contributed by atoms with Gasteiger partial charge < -0.3 is 10.9 Å². The predicted molar refractivity (Wildman–Crippen MR) is 79.2 cm³/mol. The number of amidine groups is 1. The Morgan fingerprint density at radius 3 is 3.00 bits per heavy atom. The van der Waals surface area contributed by atoms with Gasteiger partial charge in [0.1, 0.15) is 0 Å². The second-order valence-corrected chi connectivity index (χ2v) is 6.03. The van der Waals surface area contributed by atoms with Crippen LogP contribution in [-0.2, 0) is 0 Å². The highest BCUT2D eigenvalue weighted by molar-refractivity contribution is 7.99. The molecule has 0 radical (unpaired) electrons. The average molecular weight is 326 g/mol. The summed E-state index contributed by atoms with van der Waals surface area (Å²) in [6.45, 7) is 0. The molecule has 2 aromatic rings. The van der Waals surface area contributed by atoms with E-state index in [2.05, 4.69) is 15.4 Å². The summed E-state index contributed by atoms with van der Waals surface area (Å²) in [6.07, 6.45) is 1.94. The van der Waals surface area contributed by atoms with Crippen molar-refractivity contribution < 1.29 is 5.21 Å². The highest BCUT2D eigenvalue weighted by Gasteiger charge is 2.29. The summed E-state index contributed by atoms with van der Waals surface area (Å²) in [6, 6.07) is 5.38. The first-order valence-corrected chi connectivity index (χ1v) is 7.42. The van der Waals surface area contributed by atoms with Gasteiger partial charge in [0.05, 0.1) is 10.6 Å². The van der Waals surface area contributed by atoms with Crippen molar-refractivity contribution in [2.24, 2.45) is 10.9 Å². The zero-order valence-corrected chi connectivity index (χ0v) is 12.4. The van der Waals surface area contributed by atoms with Gasteiger partial charge in [-0.05, 0) is 36.7 Å². The van der Waals surface area contributed by atoms with Crippen LogP contribution < -0.4 is 11.4 Å². The standard InChI is InChI=1S/C12H12ClN5O2S/c13-7-2-1-3-8(9(7)10(14)17-20)21-12-16-15-11(19)18(12)6-4-5-6/h1-3,6,20H,4-5H2,(H2,14,17)(H,15,19). The summed E-state index contributed by atoms with van der Waals surface area (Å²) in [5.74, 6) is -0.0843. The Morgan fingerprint density at radius 2 is 2.33 bits per heavy atom. The number of oxime groups is 1. The van der Waals surface area contributed by atoms with E-state index in [1.165, 1.54) is 11.8 Å². The van der Waals surface area contributed by atoms with Gasteiger partial charge in [0, 0.05) is 10.9 Å². The molecule has 0 bridgehead atoms. The monoisotopic (exact) mass is 325 g/mol. The average Bonchev–Trinajstić information content (AvgIpc) is 3.23. The highest BCUT2D eigenvalue weighted by Crippen LogP contribution is 2.39. The number of rotatable bonds is 4. The molecule has 1 fully saturated rings. The van der Waals surface area contributed by atoms with Crippen molar-refractivity contribution in [2.45, 2.75) is 28.9 Å². The largest absolute Gasteiger partial charge is 0.409 e. The molecule has 1 aliphatic carbocycles. The minimum atomic E-state index is -0.229. The fourth-order valence-electron chi connectivity index (χ4n) is 2.00. The van der Waals surface area contributed by atoms with Crippen LogP contribution in [-0.4, -0.2) is 25.8 Å². The molecular weight excluding hydrogens is 314 g/mol. The van der Waals surface area contributed by atoms with Crippen LogP contribution in [0.2, 0.25) is 5.02 Å². The fraction of sp³-hybridized carbons (Fsp3) is 0.250. The molecule has 3 rings (SSSR count). The molecule has 1 aromatic heterocycles. The molecule has 0 unspecified atom stereocenters. The summed E-state index contributed by atoms with van der Waals surface area (Å²) in [7, 11) is 0. The van der Waals surface area contributed by atoms with Crippen molar-refractivity contribution in [2.75, 3.05) is 0 Å². The van der Waals surface area contributed by atoms with E-state index in [1.54, 1.807) is 22.8 Å². The van der Waals surface area contributed by atoms with E-state index in [-0.39, 0.29) is 17.6 Å². The van der Waals surface area contributed by atoms with Crippen molar-refractivity contribution in [3.8, 4) is 0 Å². The second kappa shape index (κ2) is 5.45. The van der Waals surface area contributed by atoms with Gasteiger partial charge in [-0.15, -0.1) is 5.10 Å². The smallest absolute Gasteiger partial charge is 0.344 e. The zero-order chi connectivity index (χ0) is 15.0. The first kappa shape index (κ1) is 14.0. The van der Waals surface area contributed by atoms with Gasteiger partial charge >= 0.3 is 5.69 Å². The quantitative estimate of drug-likeness (QED) is 0.344. The van der Waals surface area contributed by atoms with Crippen LogP contribution in [0.4, 0.5) is 0 Å². The van der Waals surface area contributed by atoms with Crippen LogP contribution in [0.15, 0.2) is 38.2 Å². The number of benzene rings is 1. The number of nitrogens with two attached hydrogens (primary N) is 1. The third-order valence-electron chi connectivity index (χ3n) is 3.12. The molecule has 0 saturated heterocycles. The number of aromatic nitrogens is 3. The Kier molecular flexibility index (Phi) is 3.64. The molecule has 0 atom stereocenters. The Hall–Kier alpha value is -1.93. The predicted octanol–water partition coefficient (Wildman–Crippen LogP) is 1.81. The first-order chi connectivity index (χ1) is 10.1. The van der Waals surface area contributed by atoms with Crippen LogP contribution in [0.5, 0.6) is 0 Å². The topological polar surface area (TPSA) is 109 Å². The lowest BCUT2D eigenvalue weighted by Gasteiger charge is -2.09. The molecule has 7 nitrogen and oxygen atoms in total. The molecule has 1 heterocycles. The van der Waals surface area contributed by atoms with E-state index in [9.17, 15) is 4.79 Å². The first-order valence-electron chi connectivity index (χ1n) is 6.23. The number of nitrogens with zero attached hydrogens (tertiary/aromatic N) is 3. The number of H-pyrrole nitrogens is 1. The Bertz CT molecular complexity index is 765. The normalized spacial score (nSPS) is 15.4. The lowest BCUT2D eigenvalue weighted by atomic mass is 10.2. The molecule has 1 aromatic carbocycles. The molecule has 0 aliphatic heterocycles. The maximum absolute atomic E-state index is 11.8. The van der Waals surface area contributed by atoms with Crippen LogP contribution in [0.1, 0.15) is 24.4 Å². The van der Waals surface area contributed by atoms with Crippen molar-refractivity contribution in [3.05, 3.63) is 39.3 Å². The maximum Gasteiger partial charge on any atom is 0.344 e. The van der Waals surface area contributed by atoms with E-state index in [0.29, 0.717) is 20.6 Å². The number of halogens is 1. The molecule has 110 valence electrons. The minimum Gasteiger partial charge on any atom is -0.409 e. The molecular formula is C12H12ClN5O2S. The molecule has 0 spiro atoms. The van der Waals surface area contributed by atoms with Gasteiger partial charge in [0.2, 0.25) is 0 Å². The minimum absolute atomic E-state index is 0.0843. The lowest BCUT2D eigenvalue weighted by Crippen LogP contribution is -2.17. The Labute approximate surface area is 128 Å². The Balaban J connectivity index is 2.03. The molecule has 0 amide bonds. The van der Waals surface area contributed by atoms with Gasteiger partial charge in [-0.2, -0.15) is 0 Å². The van der Waals surface area contributed by atoms with Crippen LogP contribution in [0.25, 0.3) is 0 Å². The maximum atomic E-state index is 11.8. The number of nitrogens with one attached hydrogen (secondary N) is 1. The van der Waals surface area contributed by atoms with Gasteiger partial charge in [-0.25, -0.2) is 9.89 Å². The molecule has 4 N–H and O–H groups in total. The summed E-state index contributed by atoms with van der Waals surface area (Å²) >= 11 is 7.36. The molecule has 9 heteroatoms. The van der Waals surface area contributed by atoms with E-state index in [0.717, 1.165) is 12.8 Å². The van der Waals surface area contributed by atoms with Gasteiger partial charge in [-0.3, -0.25) is 4.57 Å². The third-order valence-corrected chi connectivity index (χ3v) is 4.47. The summed E-state index contributed by atoms with van der Waals surface area (Å²) in [5.41, 5.74) is 5.86. The van der Waals surface area contributed by atoms with E-state index in [1.807, 2.05) is 0 Å². The zero-order valence-electron chi connectivity index (χ0n) is 10.8. The fourth-order valence-corrected chi connectivity index (χ4v) is 3.41. The summed E-state index contributed by atoms with van der Waals surface area (Å²) < 4.78 is 1.63. The van der Waals surface area contributed by atoms with Crippen molar-refractivity contribution >= 4 is 29.2 Å². The number of hydrogen-bond donors (Lipinski definition) is 3. The van der Waals surface area contributed by atoms with Crippen LogP contribution >= 0.6 is 23.4 Å². The van der Waals surface area contributed by atoms with Crippen molar-refractivity contribution in [1.82, 2.24) is 14.8 Å². The summed E-state index contributed by atoms with van der Waals surface area (Å²) in [5, 5.41) is 19.3. The Morgan fingerprint density at radius 1 is 1.57 bits per heavy atom. The molecule has 1 saturated carbocycles. The van der Waals surface area contributed by atoms with Crippen LogP contribution in [0.3, 0.4) is 0 Å². The van der Waals surface area contributed by atoms with Gasteiger partial charge in [0.25, 0.3) is 0 Å². The van der Waals surface area contributed by atoms with E-state index < -0.39 is 0 Å². The van der Waals surface area contributed by atoms with Crippen molar-refractivity contribution in [3.63, 3.8) is 0 Å². The van der Waals surface area contributed by atoms with Crippen LogP contribution in [0, 0.1) is 0 Å². The third kappa shape index (κ3) is 2.64.